The Kier molecular flexibility index (Phi) is 5.01. The number of aryl methyl sites for hydroxylation is 2. The van der Waals surface area contributed by atoms with Gasteiger partial charge in [0.15, 0.2) is 0 Å². The van der Waals surface area contributed by atoms with Crippen LogP contribution < -0.4 is 10.1 Å². The van der Waals surface area contributed by atoms with Gasteiger partial charge in [-0.05, 0) is 56.9 Å². The summed E-state index contributed by atoms with van der Waals surface area (Å²) in [6.07, 6.45) is 2.25. The highest BCUT2D eigenvalue weighted by molar-refractivity contribution is 5.76. The van der Waals surface area contributed by atoms with Crippen molar-refractivity contribution in [2.75, 3.05) is 13.2 Å². The maximum absolute atomic E-state index is 11.9. The molecule has 0 radical (unpaired) electrons. The predicted octanol–water partition coefficient (Wildman–Crippen LogP) is 2.37. The highest BCUT2D eigenvalue weighted by atomic mass is 16.5. The second-order valence-corrected chi connectivity index (χ2v) is 5.38. The number of ether oxygens (including phenoxy) is 2. The highest BCUT2D eigenvalue weighted by Crippen LogP contribution is 2.20. The molecule has 0 aliphatic heterocycles. The Balaban J connectivity index is 1.94. The fraction of sp³-hybridized carbons (Fsp3) is 0.562. The third-order valence-corrected chi connectivity index (χ3v) is 3.20. The molecule has 0 heterocycles. The lowest BCUT2D eigenvalue weighted by atomic mass is 10.1. The number of carbonyl (C=O) groups is 1. The molecule has 1 saturated carbocycles. The number of rotatable bonds is 7. The Hall–Kier alpha value is -1.55. The predicted molar refractivity (Wildman–Crippen MR) is 78.0 cm³/mol. The van der Waals surface area contributed by atoms with E-state index in [0.29, 0.717) is 19.3 Å². The van der Waals surface area contributed by atoms with Gasteiger partial charge in [-0.1, -0.05) is 6.07 Å². The fourth-order valence-corrected chi connectivity index (χ4v) is 2.16. The summed E-state index contributed by atoms with van der Waals surface area (Å²) < 4.78 is 10.8. The van der Waals surface area contributed by atoms with Gasteiger partial charge in [-0.2, -0.15) is 0 Å². The molecule has 4 nitrogen and oxygen atoms in total. The molecule has 1 fully saturated rings. The molecule has 20 heavy (non-hydrogen) atoms. The van der Waals surface area contributed by atoms with E-state index in [0.717, 1.165) is 29.7 Å². The van der Waals surface area contributed by atoms with Crippen molar-refractivity contribution < 1.29 is 14.3 Å². The van der Waals surface area contributed by atoms with Gasteiger partial charge < -0.3 is 9.47 Å². The van der Waals surface area contributed by atoms with Crippen molar-refractivity contribution in [3.05, 3.63) is 29.3 Å². The second kappa shape index (κ2) is 6.75. The first-order valence-corrected chi connectivity index (χ1v) is 7.22. The lowest BCUT2D eigenvalue weighted by molar-refractivity contribution is -0.146. The van der Waals surface area contributed by atoms with Gasteiger partial charge in [-0.25, -0.2) is 0 Å². The molecule has 1 aromatic rings. The number of nitrogens with one attached hydrogen (secondary N) is 1. The van der Waals surface area contributed by atoms with Crippen molar-refractivity contribution >= 4 is 5.97 Å². The maximum Gasteiger partial charge on any atom is 0.326 e. The lowest BCUT2D eigenvalue weighted by Gasteiger charge is -2.18. The van der Waals surface area contributed by atoms with Crippen LogP contribution in [-0.2, 0) is 9.53 Å². The van der Waals surface area contributed by atoms with Crippen molar-refractivity contribution in [1.82, 2.24) is 5.32 Å². The molecule has 0 saturated heterocycles. The molecule has 1 N–H and O–H groups in total. The third-order valence-electron chi connectivity index (χ3n) is 3.20. The molecule has 0 aromatic heterocycles. The fourth-order valence-electron chi connectivity index (χ4n) is 2.16. The highest BCUT2D eigenvalue weighted by Gasteiger charge is 2.29. The molecule has 1 aliphatic carbocycles. The summed E-state index contributed by atoms with van der Waals surface area (Å²) in [4.78, 5) is 11.9. The van der Waals surface area contributed by atoms with E-state index in [1.165, 1.54) is 0 Å². The Labute approximate surface area is 120 Å². The van der Waals surface area contributed by atoms with Crippen LogP contribution in [0.2, 0.25) is 0 Å². The monoisotopic (exact) mass is 277 g/mol. The molecule has 1 aliphatic rings. The van der Waals surface area contributed by atoms with Crippen LogP contribution in [0.1, 0.15) is 30.9 Å². The summed E-state index contributed by atoms with van der Waals surface area (Å²) in [6, 6.07) is 6.10. The van der Waals surface area contributed by atoms with Crippen LogP contribution in [0.3, 0.4) is 0 Å². The molecule has 110 valence electrons. The first-order valence-electron chi connectivity index (χ1n) is 7.22. The molecule has 1 aromatic carbocycles. The van der Waals surface area contributed by atoms with Gasteiger partial charge in [-0.3, -0.25) is 10.1 Å². The molecule has 4 heteroatoms. The van der Waals surface area contributed by atoms with Crippen LogP contribution in [0, 0.1) is 13.8 Å². The Morgan fingerprint density at radius 3 is 2.50 bits per heavy atom. The van der Waals surface area contributed by atoms with Crippen molar-refractivity contribution in [3.8, 4) is 5.75 Å². The normalized spacial score (nSPS) is 15.8. The summed E-state index contributed by atoms with van der Waals surface area (Å²) in [5, 5.41) is 3.28. The topological polar surface area (TPSA) is 47.6 Å². The standard InChI is InChI=1S/C16H23NO3/c1-4-19-16(18)15(17-13-5-6-13)10-20-14-8-11(2)7-12(3)9-14/h7-9,13,15,17H,4-6,10H2,1-3H3. The number of hydrogen-bond acceptors (Lipinski definition) is 4. The van der Waals surface area contributed by atoms with Crippen LogP contribution >= 0.6 is 0 Å². The average molecular weight is 277 g/mol. The minimum Gasteiger partial charge on any atom is -0.491 e. The number of hydrogen-bond donors (Lipinski definition) is 1. The zero-order valence-electron chi connectivity index (χ0n) is 12.4. The summed E-state index contributed by atoms with van der Waals surface area (Å²) >= 11 is 0. The van der Waals surface area contributed by atoms with Gasteiger partial charge in [0.25, 0.3) is 0 Å². The molecular formula is C16H23NO3. The minimum absolute atomic E-state index is 0.233. The zero-order chi connectivity index (χ0) is 14.5. The molecule has 0 spiro atoms. The SMILES string of the molecule is CCOC(=O)C(COc1cc(C)cc(C)c1)NC1CC1. The van der Waals surface area contributed by atoms with Gasteiger partial charge >= 0.3 is 5.97 Å². The van der Waals surface area contributed by atoms with E-state index in [2.05, 4.69) is 11.4 Å². The van der Waals surface area contributed by atoms with Crippen LogP contribution in [-0.4, -0.2) is 31.3 Å². The Morgan fingerprint density at radius 2 is 1.95 bits per heavy atom. The van der Waals surface area contributed by atoms with Crippen LogP contribution in [0.25, 0.3) is 0 Å². The Morgan fingerprint density at radius 1 is 1.30 bits per heavy atom. The largest absolute Gasteiger partial charge is 0.491 e. The van der Waals surface area contributed by atoms with Crippen molar-refractivity contribution in [3.63, 3.8) is 0 Å². The smallest absolute Gasteiger partial charge is 0.326 e. The first-order chi connectivity index (χ1) is 9.58. The molecule has 0 bridgehead atoms. The number of esters is 1. The van der Waals surface area contributed by atoms with E-state index in [9.17, 15) is 4.79 Å². The van der Waals surface area contributed by atoms with E-state index >= 15 is 0 Å². The van der Waals surface area contributed by atoms with Crippen LogP contribution in [0.4, 0.5) is 0 Å². The van der Waals surface area contributed by atoms with E-state index in [4.69, 9.17) is 9.47 Å². The van der Waals surface area contributed by atoms with Gasteiger partial charge in [0.1, 0.15) is 18.4 Å². The molecular weight excluding hydrogens is 254 g/mol. The van der Waals surface area contributed by atoms with Crippen molar-refractivity contribution in [1.29, 1.82) is 0 Å². The van der Waals surface area contributed by atoms with Crippen LogP contribution in [0.5, 0.6) is 5.75 Å². The molecule has 2 rings (SSSR count). The van der Waals surface area contributed by atoms with Gasteiger partial charge in [0, 0.05) is 6.04 Å². The number of carbonyl (C=O) groups excluding carboxylic acids is 1. The van der Waals surface area contributed by atoms with Gasteiger partial charge in [0.2, 0.25) is 0 Å². The summed E-state index contributed by atoms with van der Waals surface area (Å²) in [5.74, 6) is 0.568. The second-order valence-electron chi connectivity index (χ2n) is 5.38. The minimum atomic E-state index is -0.386. The summed E-state index contributed by atoms with van der Waals surface area (Å²) in [6.45, 7) is 6.58. The van der Waals surface area contributed by atoms with Gasteiger partial charge in [0.05, 0.1) is 6.61 Å². The third kappa shape index (κ3) is 4.53. The summed E-state index contributed by atoms with van der Waals surface area (Å²) in [5.41, 5.74) is 2.31. The van der Waals surface area contributed by atoms with Gasteiger partial charge in [-0.15, -0.1) is 0 Å². The van der Waals surface area contributed by atoms with E-state index in [-0.39, 0.29) is 12.0 Å². The van der Waals surface area contributed by atoms with Crippen molar-refractivity contribution in [2.45, 2.75) is 45.7 Å². The zero-order valence-corrected chi connectivity index (χ0v) is 12.4. The average Bonchev–Trinajstić information content (AvgIpc) is 3.17. The molecule has 1 atom stereocenters. The summed E-state index contributed by atoms with van der Waals surface area (Å²) in [7, 11) is 0. The maximum atomic E-state index is 11.9. The molecule has 0 amide bonds. The van der Waals surface area contributed by atoms with Crippen LogP contribution in [0.15, 0.2) is 18.2 Å². The van der Waals surface area contributed by atoms with E-state index in [1.54, 1.807) is 0 Å². The Bertz CT molecular complexity index is 449. The molecule has 1 unspecified atom stereocenters. The van der Waals surface area contributed by atoms with E-state index < -0.39 is 0 Å². The quantitative estimate of drug-likeness (QED) is 0.777. The lowest BCUT2D eigenvalue weighted by Crippen LogP contribution is -2.43. The number of benzene rings is 1. The van der Waals surface area contributed by atoms with Crippen molar-refractivity contribution in [2.24, 2.45) is 0 Å². The van der Waals surface area contributed by atoms with E-state index in [1.807, 2.05) is 32.9 Å². The first kappa shape index (κ1) is 14.9.